The summed E-state index contributed by atoms with van der Waals surface area (Å²) in [5.41, 5.74) is 0. The van der Waals surface area contributed by atoms with Crippen LogP contribution in [-0.2, 0) is 0 Å². The minimum atomic E-state index is 1.35. The Morgan fingerprint density at radius 3 is 2.40 bits per heavy atom. The van der Waals surface area contributed by atoms with Crippen molar-refractivity contribution in [3.63, 3.8) is 0 Å². The Morgan fingerprint density at radius 2 is 2.40 bits per heavy atom. The number of halogens is 1. The van der Waals surface area contributed by atoms with Gasteiger partial charge in [-0.3, -0.25) is 0 Å². The molecule has 0 aromatic rings. The molecule has 5 heavy (non-hydrogen) atoms. The molecule has 0 spiro atoms. The molecular weight excluding hydrogens is 148 g/mol. The summed E-state index contributed by atoms with van der Waals surface area (Å²) in [5, 5.41) is 2.69. The lowest BCUT2D eigenvalue weighted by Crippen LogP contribution is -1.27. The number of hydrogen-bond acceptors (Lipinski definition) is 1. The molecule has 0 rings (SSSR count). The molecule has 0 nitrogen and oxygen atoms in total. The molecule has 0 heterocycles. The van der Waals surface area contributed by atoms with E-state index in [4.69, 9.17) is 0 Å². The summed E-state index contributed by atoms with van der Waals surface area (Å²) in [6.45, 7) is 1.80. The monoisotopic (exact) mass is 150 g/mol. The summed E-state index contributed by atoms with van der Waals surface area (Å²) in [6.07, 6.45) is 0. The van der Waals surface area contributed by atoms with Crippen molar-refractivity contribution < 1.29 is 0 Å². The molecule has 0 aromatic carbocycles. The molecule has 0 aliphatic carbocycles. The van der Waals surface area contributed by atoms with Crippen LogP contribution >= 0.6 is 25.0 Å². The average molecular weight is 151 g/mol. The SMILES string of the molecule is CC#CSBr. The van der Waals surface area contributed by atoms with Gasteiger partial charge in [0.2, 0.25) is 0 Å². The van der Waals surface area contributed by atoms with E-state index in [1.165, 1.54) is 10.2 Å². The summed E-state index contributed by atoms with van der Waals surface area (Å²) in [6, 6.07) is 0. The minimum Gasteiger partial charge on any atom is -0.0938 e. The fourth-order valence-corrected chi connectivity index (χ4v) is 0.601. The lowest BCUT2D eigenvalue weighted by molar-refractivity contribution is 1.94. The molecule has 0 fully saturated rings. The van der Waals surface area contributed by atoms with E-state index in [1.54, 1.807) is 6.92 Å². The van der Waals surface area contributed by atoms with Gasteiger partial charge in [-0.1, -0.05) is 5.92 Å². The summed E-state index contributed by atoms with van der Waals surface area (Å²) >= 11 is 3.05. The van der Waals surface area contributed by atoms with Gasteiger partial charge in [-0.05, 0) is 12.2 Å². The molecule has 0 aliphatic rings. The third-order valence-corrected chi connectivity index (χ3v) is 0.908. The molecule has 28 valence electrons. The summed E-state index contributed by atoms with van der Waals surface area (Å²) in [4.78, 5) is 0. The first-order valence-corrected chi connectivity index (χ1v) is 3.77. The molecular formula is C3H3BrS. The zero-order chi connectivity index (χ0) is 4.12. The van der Waals surface area contributed by atoms with E-state index in [1.807, 2.05) is 0 Å². The van der Waals surface area contributed by atoms with Crippen LogP contribution in [0, 0.1) is 11.2 Å². The largest absolute Gasteiger partial charge is 0.0938 e. The third kappa shape index (κ3) is 4.39. The molecule has 0 aliphatic heterocycles. The average Bonchev–Trinajstić information content (AvgIpc) is 1.41. The van der Waals surface area contributed by atoms with Crippen LogP contribution < -0.4 is 0 Å². The molecule has 0 saturated heterocycles. The van der Waals surface area contributed by atoms with Crippen LogP contribution in [0.5, 0.6) is 0 Å². The predicted molar refractivity (Wildman–Crippen MR) is 30.0 cm³/mol. The van der Waals surface area contributed by atoms with Crippen LogP contribution in [0.2, 0.25) is 0 Å². The smallest absolute Gasteiger partial charge is 0.00471 e. The van der Waals surface area contributed by atoms with Crippen molar-refractivity contribution in [2.45, 2.75) is 6.92 Å². The van der Waals surface area contributed by atoms with Crippen molar-refractivity contribution in [3.8, 4) is 11.2 Å². The van der Waals surface area contributed by atoms with Crippen molar-refractivity contribution in [3.05, 3.63) is 0 Å². The predicted octanol–water partition coefficient (Wildman–Crippen LogP) is 2.01. The molecule has 0 radical (unpaired) electrons. The molecule has 0 bridgehead atoms. The van der Waals surface area contributed by atoms with Crippen molar-refractivity contribution in [1.82, 2.24) is 0 Å². The zero-order valence-electron chi connectivity index (χ0n) is 2.79. The highest BCUT2D eigenvalue weighted by atomic mass is 79.9. The van der Waals surface area contributed by atoms with Crippen LogP contribution in [0.1, 0.15) is 6.92 Å². The van der Waals surface area contributed by atoms with Crippen molar-refractivity contribution >= 4 is 25.0 Å². The van der Waals surface area contributed by atoms with Crippen LogP contribution in [0.15, 0.2) is 0 Å². The quantitative estimate of drug-likeness (QED) is 0.477. The summed E-state index contributed by atoms with van der Waals surface area (Å²) in [7, 11) is 1.35. The van der Waals surface area contributed by atoms with Gasteiger partial charge in [-0.15, -0.1) is 0 Å². The Morgan fingerprint density at radius 1 is 1.80 bits per heavy atom. The van der Waals surface area contributed by atoms with E-state index >= 15 is 0 Å². The normalized spacial score (nSPS) is 5.20. The van der Waals surface area contributed by atoms with E-state index < -0.39 is 0 Å². The third-order valence-electron chi connectivity index (χ3n) is 0.141. The van der Waals surface area contributed by atoms with E-state index in [-0.39, 0.29) is 0 Å². The van der Waals surface area contributed by atoms with E-state index in [9.17, 15) is 0 Å². The fraction of sp³-hybridized carbons (Fsp3) is 0.333. The summed E-state index contributed by atoms with van der Waals surface area (Å²) in [5.74, 6) is 2.68. The van der Waals surface area contributed by atoms with Gasteiger partial charge < -0.3 is 0 Å². The lowest BCUT2D eigenvalue weighted by Gasteiger charge is -1.54. The first-order valence-electron chi connectivity index (χ1n) is 1.11. The first-order chi connectivity index (χ1) is 2.41. The molecule has 0 N–H and O–H groups in total. The maximum Gasteiger partial charge on any atom is 0.00471 e. The molecule has 2 heteroatoms. The van der Waals surface area contributed by atoms with Crippen molar-refractivity contribution in [1.29, 1.82) is 0 Å². The zero-order valence-corrected chi connectivity index (χ0v) is 5.19. The van der Waals surface area contributed by atoms with Gasteiger partial charge in [0.25, 0.3) is 0 Å². The second-order valence-electron chi connectivity index (χ2n) is 0.429. The Hall–Kier alpha value is 0.390. The second-order valence-corrected chi connectivity index (χ2v) is 1.76. The highest BCUT2D eigenvalue weighted by Gasteiger charge is 1.51. The van der Waals surface area contributed by atoms with Gasteiger partial charge in [-0.25, -0.2) is 0 Å². The van der Waals surface area contributed by atoms with Crippen LogP contribution in [0.25, 0.3) is 0 Å². The number of rotatable bonds is 0. The van der Waals surface area contributed by atoms with Gasteiger partial charge in [-0.2, -0.15) is 0 Å². The summed E-state index contributed by atoms with van der Waals surface area (Å²) < 4.78 is 0. The standard InChI is InChI=1S/C3H3BrS/c1-2-3-5-4/h1H3. The minimum absolute atomic E-state index is 1.35. The van der Waals surface area contributed by atoms with Gasteiger partial charge >= 0.3 is 0 Å². The fourth-order valence-electron chi connectivity index (χ4n) is 0.0386. The van der Waals surface area contributed by atoms with E-state index in [0.29, 0.717) is 0 Å². The highest BCUT2D eigenvalue weighted by molar-refractivity contribution is 9.50. The van der Waals surface area contributed by atoms with E-state index in [0.717, 1.165) is 0 Å². The van der Waals surface area contributed by atoms with Crippen LogP contribution in [-0.4, -0.2) is 0 Å². The Kier molecular flexibility index (Phi) is 4.73. The topological polar surface area (TPSA) is 0 Å². The Balaban J connectivity index is 2.81. The van der Waals surface area contributed by atoms with Gasteiger partial charge in [0.1, 0.15) is 0 Å². The second kappa shape index (κ2) is 4.39. The maximum absolute atomic E-state index is 3.05. The Labute approximate surface area is 43.5 Å². The van der Waals surface area contributed by atoms with Crippen LogP contribution in [0.4, 0.5) is 0 Å². The molecule has 0 unspecified atom stereocenters. The molecule has 0 aromatic heterocycles. The lowest BCUT2D eigenvalue weighted by atomic mass is 10.9. The van der Waals surface area contributed by atoms with Crippen molar-refractivity contribution in [2.75, 3.05) is 0 Å². The highest BCUT2D eigenvalue weighted by Crippen LogP contribution is 2.04. The number of hydrogen-bond donors (Lipinski definition) is 0. The molecule has 0 atom stereocenters. The van der Waals surface area contributed by atoms with Gasteiger partial charge in [0, 0.05) is 25.0 Å². The first kappa shape index (κ1) is 5.39. The van der Waals surface area contributed by atoms with Gasteiger partial charge in [0.15, 0.2) is 0 Å². The molecule has 0 saturated carbocycles. The van der Waals surface area contributed by atoms with E-state index in [2.05, 4.69) is 26.0 Å². The maximum atomic E-state index is 3.05. The van der Waals surface area contributed by atoms with Gasteiger partial charge in [0.05, 0.1) is 0 Å². The molecule has 0 amide bonds. The van der Waals surface area contributed by atoms with Crippen molar-refractivity contribution in [2.24, 2.45) is 0 Å². The van der Waals surface area contributed by atoms with Crippen LogP contribution in [0.3, 0.4) is 0 Å². The Bertz CT molecular complexity index is 59.0.